The lowest BCUT2D eigenvalue weighted by atomic mass is 10.1. The SMILES string of the molecule is NC(=O)c1ccsc1C[CH]C(=O)N1CCC2C1C(=O)CN2S(=O)(=O)C(=O)c1cccnc1. The highest BCUT2D eigenvalue weighted by molar-refractivity contribution is 8.04. The predicted molar refractivity (Wildman–Crippen MR) is 114 cm³/mol. The summed E-state index contributed by atoms with van der Waals surface area (Å²) in [6.45, 7) is -0.291. The predicted octanol–water partition coefficient (Wildman–Crippen LogP) is 0.0132. The second-order valence-electron chi connectivity index (χ2n) is 7.41. The van der Waals surface area contributed by atoms with Crippen LogP contribution in [-0.4, -0.2) is 70.5 Å². The smallest absolute Gasteiger partial charge is 0.293 e. The zero-order valence-electron chi connectivity index (χ0n) is 16.7. The van der Waals surface area contributed by atoms with E-state index in [2.05, 4.69) is 4.98 Å². The van der Waals surface area contributed by atoms with Gasteiger partial charge in [0, 0.05) is 23.8 Å². The van der Waals surface area contributed by atoms with Crippen LogP contribution in [0.3, 0.4) is 0 Å². The van der Waals surface area contributed by atoms with E-state index in [0.29, 0.717) is 10.4 Å². The van der Waals surface area contributed by atoms with E-state index in [1.807, 2.05) is 0 Å². The van der Waals surface area contributed by atoms with Crippen molar-refractivity contribution >= 4 is 44.1 Å². The van der Waals surface area contributed by atoms with Gasteiger partial charge < -0.3 is 10.6 Å². The zero-order valence-corrected chi connectivity index (χ0v) is 18.3. The third kappa shape index (κ3) is 3.85. The monoisotopic (exact) mass is 475 g/mol. The van der Waals surface area contributed by atoms with Crippen molar-refractivity contribution in [3.8, 4) is 0 Å². The highest BCUT2D eigenvalue weighted by Gasteiger charge is 2.54. The van der Waals surface area contributed by atoms with Gasteiger partial charge in [0.2, 0.25) is 11.8 Å². The molecule has 4 rings (SSSR count). The number of nitrogens with zero attached hydrogens (tertiary/aromatic N) is 3. The first-order valence-corrected chi connectivity index (χ1v) is 12.0. The maximum absolute atomic E-state index is 12.9. The van der Waals surface area contributed by atoms with Crippen molar-refractivity contribution in [1.29, 1.82) is 0 Å². The number of ketones is 1. The van der Waals surface area contributed by atoms with E-state index in [9.17, 15) is 27.6 Å². The summed E-state index contributed by atoms with van der Waals surface area (Å²) in [5.74, 6) is -1.47. The van der Waals surface area contributed by atoms with Gasteiger partial charge in [0.25, 0.3) is 15.1 Å². The van der Waals surface area contributed by atoms with Crippen molar-refractivity contribution < 1.29 is 27.6 Å². The Bertz CT molecular complexity index is 1190. The third-order valence-electron chi connectivity index (χ3n) is 5.57. The van der Waals surface area contributed by atoms with Crippen LogP contribution in [0.15, 0.2) is 36.0 Å². The summed E-state index contributed by atoms with van der Waals surface area (Å²) in [6, 6.07) is 2.62. The van der Waals surface area contributed by atoms with Crippen LogP contribution in [0.2, 0.25) is 0 Å². The number of primary amides is 1. The first kappa shape index (κ1) is 22.2. The minimum Gasteiger partial charge on any atom is -0.366 e. The Morgan fingerprint density at radius 3 is 2.75 bits per heavy atom. The van der Waals surface area contributed by atoms with Crippen LogP contribution < -0.4 is 5.73 Å². The van der Waals surface area contributed by atoms with Crippen molar-refractivity contribution in [3.05, 3.63) is 58.4 Å². The fraction of sp³-hybridized carbons (Fsp3) is 0.300. The molecular formula is C20H19N4O6S2. The maximum atomic E-state index is 12.9. The van der Waals surface area contributed by atoms with Crippen molar-refractivity contribution in [3.63, 3.8) is 0 Å². The first-order valence-electron chi connectivity index (χ1n) is 9.70. The molecule has 2 aromatic rings. The van der Waals surface area contributed by atoms with Gasteiger partial charge in [-0.05, 0) is 36.4 Å². The molecule has 0 aromatic carbocycles. The number of thiophene rings is 1. The highest BCUT2D eigenvalue weighted by Crippen LogP contribution is 2.33. The van der Waals surface area contributed by atoms with Gasteiger partial charge >= 0.3 is 0 Å². The normalized spacial score (nSPS) is 21.0. The van der Waals surface area contributed by atoms with Gasteiger partial charge in [-0.2, -0.15) is 4.31 Å². The molecule has 2 aliphatic heterocycles. The number of hydrogen-bond acceptors (Lipinski definition) is 8. The third-order valence-corrected chi connectivity index (χ3v) is 8.24. The van der Waals surface area contributed by atoms with Gasteiger partial charge in [0.05, 0.1) is 30.1 Å². The van der Waals surface area contributed by atoms with Gasteiger partial charge in [-0.1, -0.05) is 0 Å². The van der Waals surface area contributed by atoms with E-state index in [4.69, 9.17) is 5.73 Å². The molecular weight excluding hydrogens is 456 g/mol. The Morgan fingerprint density at radius 1 is 1.28 bits per heavy atom. The van der Waals surface area contributed by atoms with Gasteiger partial charge in [-0.3, -0.25) is 24.2 Å². The number of fused-ring (bicyclic) bond motifs is 1. The van der Waals surface area contributed by atoms with E-state index in [1.54, 1.807) is 11.4 Å². The Hall–Kier alpha value is -2.96. The molecule has 2 amide bonds. The fourth-order valence-corrected chi connectivity index (χ4v) is 6.44. The number of Topliss-reactive ketones (excluding diaryl/α,β-unsaturated/α-hetero) is 1. The lowest BCUT2D eigenvalue weighted by molar-refractivity contribution is -0.133. The van der Waals surface area contributed by atoms with Crippen molar-refractivity contribution in [2.75, 3.05) is 13.1 Å². The van der Waals surface area contributed by atoms with Crippen molar-refractivity contribution in [2.24, 2.45) is 5.73 Å². The number of hydrogen-bond donors (Lipinski definition) is 1. The molecule has 2 atom stereocenters. The Balaban J connectivity index is 1.48. The summed E-state index contributed by atoms with van der Waals surface area (Å²) in [4.78, 5) is 55.2. The number of pyridine rings is 1. The van der Waals surface area contributed by atoms with E-state index < -0.39 is 51.4 Å². The minimum atomic E-state index is -4.46. The number of rotatable bonds is 6. The molecule has 0 saturated carbocycles. The molecule has 2 unspecified atom stereocenters. The number of amides is 2. The Labute approximate surface area is 188 Å². The molecule has 167 valence electrons. The van der Waals surface area contributed by atoms with Crippen molar-refractivity contribution in [2.45, 2.75) is 24.9 Å². The number of carbonyl (C=O) groups is 4. The van der Waals surface area contributed by atoms with Crippen LogP contribution in [0.25, 0.3) is 0 Å². The average molecular weight is 476 g/mol. The van der Waals surface area contributed by atoms with Crippen LogP contribution in [0.5, 0.6) is 0 Å². The van der Waals surface area contributed by atoms with Gasteiger partial charge in [-0.15, -0.1) is 11.3 Å². The van der Waals surface area contributed by atoms with Crippen LogP contribution in [-0.2, 0) is 26.0 Å². The summed E-state index contributed by atoms with van der Waals surface area (Å²) in [6.07, 6.45) is 4.32. The molecule has 1 radical (unpaired) electrons. The van der Waals surface area contributed by atoms with Crippen molar-refractivity contribution in [1.82, 2.24) is 14.2 Å². The van der Waals surface area contributed by atoms with Gasteiger partial charge in [-0.25, -0.2) is 8.42 Å². The lowest BCUT2D eigenvalue weighted by Crippen LogP contribution is -2.44. The molecule has 4 heterocycles. The molecule has 2 aliphatic rings. The topological polar surface area (TPSA) is 148 Å². The van der Waals surface area contributed by atoms with Crippen LogP contribution >= 0.6 is 11.3 Å². The highest BCUT2D eigenvalue weighted by atomic mass is 32.2. The van der Waals surface area contributed by atoms with E-state index in [-0.39, 0.29) is 24.9 Å². The summed E-state index contributed by atoms with van der Waals surface area (Å²) in [5.41, 5.74) is 5.56. The number of sulfonamides is 1. The fourth-order valence-electron chi connectivity index (χ4n) is 4.10. The molecule has 2 fully saturated rings. The molecule has 0 bridgehead atoms. The van der Waals surface area contributed by atoms with E-state index >= 15 is 0 Å². The molecule has 2 N–H and O–H groups in total. The molecule has 12 heteroatoms. The summed E-state index contributed by atoms with van der Waals surface area (Å²) < 4.78 is 26.7. The number of likely N-dealkylation sites (tertiary alicyclic amines) is 1. The average Bonchev–Trinajstić information content (AvgIpc) is 3.49. The number of aromatic nitrogens is 1. The number of nitrogens with two attached hydrogens (primary N) is 1. The summed E-state index contributed by atoms with van der Waals surface area (Å²) in [5, 5.41) is 0.564. The van der Waals surface area contributed by atoms with E-state index in [1.165, 1.54) is 41.0 Å². The molecule has 32 heavy (non-hydrogen) atoms. The summed E-state index contributed by atoms with van der Waals surface area (Å²) in [7, 11) is -4.46. The second-order valence-corrected chi connectivity index (χ2v) is 10.2. The number of carbonyl (C=O) groups excluding carboxylic acids is 4. The standard InChI is InChI=1S/C20H19N4O6S2/c21-19(27)13-6-9-31-16(13)3-4-17(26)23-8-5-14-18(23)15(25)11-24(14)32(29,30)20(28)12-2-1-7-22-10-12/h1-2,4,6-7,9-10,14,18H,3,5,8,11H2,(H2,21,27). The van der Waals surface area contributed by atoms with Gasteiger partial charge in [0.1, 0.15) is 6.04 Å². The summed E-state index contributed by atoms with van der Waals surface area (Å²) >= 11 is 1.29. The molecule has 0 aliphatic carbocycles. The Kier molecular flexibility index (Phi) is 5.93. The first-order chi connectivity index (χ1) is 15.2. The van der Waals surface area contributed by atoms with Crippen LogP contribution in [0, 0.1) is 6.42 Å². The van der Waals surface area contributed by atoms with Gasteiger partial charge in [0.15, 0.2) is 5.78 Å². The molecule has 2 aromatic heterocycles. The lowest BCUT2D eigenvalue weighted by Gasteiger charge is -2.23. The Morgan fingerprint density at radius 2 is 2.06 bits per heavy atom. The molecule has 10 nitrogen and oxygen atoms in total. The maximum Gasteiger partial charge on any atom is 0.293 e. The minimum absolute atomic E-state index is 0.0936. The molecule has 2 saturated heterocycles. The largest absolute Gasteiger partial charge is 0.366 e. The van der Waals surface area contributed by atoms with Crippen LogP contribution in [0.1, 0.15) is 32.0 Å². The zero-order chi connectivity index (χ0) is 23.0. The quantitative estimate of drug-likeness (QED) is 0.619. The second kappa shape index (κ2) is 8.52. The van der Waals surface area contributed by atoms with E-state index in [0.717, 1.165) is 10.5 Å². The van der Waals surface area contributed by atoms with Crippen LogP contribution in [0.4, 0.5) is 0 Å². The molecule has 0 spiro atoms.